The molecule has 5 heteroatoms. The SMILES string of the molecule is CNC(C)(CCCCSCc1ccco1)C(=O)O. The lowest BCUT2D eigenvalue weighted by Gasteiger charge is -2.23. The maximum atomic E-state index is 11.0. The number of unbranched alkanes of at least 4 members (excludes halogenated alkanes) is 1. The van der Waals surface area contributed by atoms with Crippen molar-refractivity contribution < 1.29 is 14.3 Å². The average Bonchev–Trinajstić information content (AvgIpc) is 2.86. The van der Waals surface area contributed by atoms with Crippen LogP contribution < -0.4 is 5.32 Å². The molecule has 0 aliphatic heterocycles. The van der Waals surface area contributed by atoms with Gasteiger partial charge >= 0.3 is 5.97 Å². The van der Waals surface area contributed by atoms with Crippen LogP contribution in [0.5, 0.6) is 0 Å². The Morgan fingerprint density at radius 2 is 2.33 bits per heavy atom. The Kier molecular flexibility index (Phi) is 6.29. The molecule has 1 heterocycles. The summed E-state index contributed by atoms with van der Waals surface area (Å²) < 4.78 is 5.23. The van der Waals surface area contributed by atoms with Gasteiger partial charge in [0.05, 0.1) is 12.0 Å². The molecule has 1 atom stereocenters. The summed E-state index contributed by atoms with van der Waals surface area (Å²) in [6, 6.07) is 3.86. The number of aliphatic carboxylic acids is 1. The first kappa shape index (κ1) is 15.1. The molecule has 0 aromatic carbocycles. The van der Waals surface area contributed by atoms with Crippen molar-refractivity contribution in [3.63, 3.8) is 0 Å². The average molecular weight is 271 g/mol. The van der Waals surface area contributed by atoms with Crippen LogP contribution in [0.25, 0.3) is 0 Å². The highest BCUT2D eigenvalue weighted by Crippen LogP contribution is 2.18. The molecule has 0 fully saturated rings. The minimum Gasteiger partial charge on any atom is -0.480 e. The molecule has 4 nitrogen and oxygen atoms in total. The zero-order chi connectivity index (χ0) is 13.4. The molecule has 1 aromatic rings. The zero-order valence-corrected chi connectivity index (χ0v) is 11.8. The summed E-state index contributed by atoms with van der Waals surface area (Å²) in [5.41, 5.74) is -0.800. The summed E-state index contributed by atoms with van der Waals surface area (Å²) >= 11 is 1.82. The first-order valence-electron chi connectivity index (χ1n) is 6.11. The van der Waals surface area contributed by atoms with Crippen LogP contribution in [0.1, 0.15) is 31.9 Å². The number of thioether (sulfide) groups is 1. The minimum absolute atomic E-state index is 0.653. The number of nitrogens with one attached hydrogen (secondary N) is 1. The van der Waals surface area contributed by atoms with Crippen molar-refractivity contribution in [2.75, 3.05) is 12.8 Å². The summed E-state index contributed by atoms with van der Waals surface area (Å²) in [6.45, 7) is 1.73. The standard InChI is InChI=1S/C13H21NO3S/c1-13(14-2,12(15)16)7-3-4-9-18-10-11-6-5-8-17-11/h5-6,8,14H,3-4,7,9-10H2,1-2H3,(H,15,16). The lowest BCUT2D eigenvalue weighted by atomic mass is 9.95. The van der Waals surface area contributed by atoms with Crippen LogP contribution >= 0.6 is 11.8 Å². The Balaban J connectivity index is 2.09. The van der Waals surface area contributed by atoms with Crippen molar-refractivity contribution in [3.8, 4) is 0 Å². The Hall–Kier alpha value is -0.940. The summed E-state index contributed by atoms with van der Waals surface area (Å²) in [7, 11) is 1.69. The van der Waals surface area contributed by atoms with E-state index in [1.807, 2.05) is 23.9 Å². The molecule has 0 aliphatic rings. The lowest BCUT2D eigenvalue weighted by Crippen LogP contribution is -2.47. The van der Waals surface area contributed by atoms with Gasteiger partial charge in [-0.2, -0.15) is 11.8 Å². The van der Waals surface area contributed by atoms with E-state index in [0.717, 1.165) is 30.1 Å². The molecule has 0 spiro atoms. The van der Waals surface area contributed by atoms with Gasteiger partial charge in [-0.1, -0.05) is 6.42 Å². The Labute approximate surface area is 112 Å². The molecule has 18 heavy (non-hydrogen) atoms. The number of carboxylic acid groups (broad SMARTS) is 1. The van der Waals surface area contributed by atoms with Crippen molar-refractivity contribution in [1.82, 2.24) is 5.32 Å². The van der Waals surface area contributed by atoms with Crippen LogP contribution in [0, 0.1) is 0 Å². The van der Waals surface area contributed by atoms with E-state index in [1.54, 1.807) is 20.2 Å². The molecule has 0 aliphatic carbocycles. The fourth-order valence-corrected chi connectivity index (χ4v) is 2.51. The van der Waals surface area contributed by atoms with Gasteiger partial charge in [-0.25, -0.2) is 0 Å². The third-order valence-electron chi connectivity index (χ3n) is 3.06. The maximum absolute atomic E-state index is 11.0. The first-order chi connectivity index (χ1) is 8.58. The second-order valence-electron chi connectivity index (χ2n) is 4.48. The van der Waals surface area contributed by atoms with Crippen LogP contribution in [-0.4, -0.2) is 29.4 Å². The smallest absolute Gasteiger partial charge is 0.323 e. The third-order valence-corrected chi connectivity index (χ3v) is 4.13. The van der Waals surface area contributed by atoms with Crippen molar-refractivity contribution in [1.29, 1.82) is 0 Å². The van der Waals surface area contributed by atoms with Crippen LogP contribution in [-0.2, 0) is 10.5 Å². The zero-order valence-electron chi connectivity index (χ0n) is 10.9. The van der Waals surface area contributed by atoms with Gasteiger partial charge in [0, 0.05) is 0 Å². The fourth-order valence-electron chi connectivity index (χ4n) is 1.59. The van der Waals surface area contributed by atoms with Crippen LogP contribution in [0.15, 0.2) is 22.8 Å². The molecule has 1 unspecified atom stereocenters. The van der Waals surface area contributed by atoms with Gasteiger partial charge < -0.3 is 14.8 Å². The highest BCUT2D eigenvalue weighted by molar-refractivity contribution is 7.98. The van der Waals surface area contributed by atoms with E-state index in [-0.39, 0.29) is 0 Å². The second kappa shape index (κ2) is 7.48. The van der Waals surface area contributed by atoms with Crippen LogP contribution in [0.4, 0.5) is 0 Å². The van der Waals surface area contributed by atoms with Crippen molar-refractivity contribution in [3.05, 3.63) is 24.2 Å². The van der Waals surface area contributed by atoms with Gasteiger partial charge in [0.25, 0.3) is 0 Å². The monoisotopic (exact) mass is 271 g/mol. The summed E-state index contributed by atoms with van der Waals surface area (Å²) in [5.74, 6) is 2.12. The largest absolute Gasteiger partial charge is 0.480 e. The Bertz CT molecular complexity index is 353. The fraction of sp³-hybridized carbons (Fsp3) is 0.615. The highest BCUT2D eigenvalue weighted by atomic mass is 32.2. The predicted octanol–water partition coefficient (Wildman–Crippen LogP) is 2.75. The summed E-state index contributed by atoms with van der Waals surface area (Å²) in [4.78, 5) is 11.0. The molecule has 0 radical (unpaired) electrons. The molecule has 102 valence electrons. The number of furan rings is 1. The lowest BCUT2D eigenvalue weighted by molar-refractivity contribution is -0.144. The molecule has 0 saturated carbocycles. The molecule has 0 bridgehead atoms. The number of rotatable bonds is 9. The van der Waals surface area contributed by atoms with Gasteiger partial charge in [0.15, 0.2) is 0 Å². The molecular formula is C13H21NO3S. The number of hydrogen-bond donors (Lipinski definition) is 2. The van der Waals surface area contributed by atoms with Gasteiger partial charge in [-0.15, -0.1) is 0 Å². The van der Waals surface area contributed by atoms with E-state index in [9.17, 15) is 4.79 Å². The van der Waals surface area contributed by atoms with Gasteiger partial charge in [-0.05, 0) is 44.7 Å². The Morgan fingerprint density at radius 3 is 2.89 bits per heavy atom. The summed E-state index contributed by atoms with van der Waals surface area (Å²) in [5, 5.41) is 11.9. The van der Waals surface area contributed by atoms with Crippen molar-refractivity contribution >= 4 is 17.7 Å². The molecule has 1 rings (SSSR count). The quantitative estimate of drug-likeness (QED) is 0.676. The normalized spacial score (nSPS) is 14.3. The van der Waals surface area contributed by atoms with Crippen LogP contribution in [0.2, 0.25) is 0 Å². The predicted molar refractivity (Wildman–Crippen MR) is 73.8 cm³/mol. The number of carboxylic acids is 1. The summed E-state index contributed by atoms with van der Waals surface area (Å²) in [6.07, 6.45) is 4.27. The molecule has 0 saturated heterocycles. The minimum atomic E-state index is -0.800. The van der Waals surface area contributed by atoms with Crippen molar-refractivity contribution in [2.24, 2.45) is 0 Å². The first-order valence-corrected chi connectivity index (χ1v) is 7.26. The maximum Gasteiger partial charge on any atom is 0.323 e. The van der Waals surface area contributed by atoms with E-state index in [2.05, 4.69) is 5.32 Å². The number of likely N-dealkylation sites (N-methyl/N-ethyl adjacent to an activating group) is 1. The van der Waals surface area contributed by atoms with Gasteiger partial charge in [0.2, 0.25) is 0 Å². The van der Waals surface area contributed by atoms with Gasteiger partial charge in [0.1, 0.15) is 11.3 Å². The van der Waals surface area contributed by atoms with E-state index < -0.39 is 11.5 Å². The van der Waals surface area contributed by atoms with E-state index in [0.29, 0.717) is 6.42 Å². The van der Waals surface area contributed by atoms with E-state index in [1.165, 1.54) is 0 Å². The second-order valence-corrected chi connectivity index (χ2v) is 5.58. The van der Waals surface area contributed by atoms with Crippen LogP contribution in [0.3, 0.4) is 0 Å². The molecule has 1 aromatic heterocycles. The number of hydrogen-bond acceptors (Lipinski definition) is 4. The molecule has 2 N–H and O–H groups in total. The third kappa shape index (κ3) is 4.74. The van der Waals surface area contributed by atoms with Gasteiger partial charge in [-0.3, -0.25) is 4.79 Å². The van der Waals surface area contributed by atoms with E-state index >= 15 is 0 Å². The molecule has 0 amide bonds. The van der Waals surface area contributed by atoms with Crippen molar-refractivity contribution in [2.45, 2.75) is 37.5 Å². The molecular weight excluding hydrogens is 250 g/mol. The highest BCUT2D eigenvalue weighted by Gasteiger charge is 2.29. The topological polar surface area (TPSA) is 62.5 Å². The Morgan fingerprint density at radius 1 is 1.56 bits per heavy atom. The number of carbonyl (C=O) groups is 1. The van der Waals surface area contributed by atoms with E-state index in [4.69, 9.17) is 9.52 Å².